The predicted octanol–water partition coefficient (Wildman–Crippen LogP) is 5.17. The highest BCUT2D eigenvalue weighted by atomic mass is 32.2. The molecule has 1 aromatic carbocycles. The Morgan fingerprint density at radius 2 is 1.82 bits per heavy atom. The first-order chi connectivity index (χ1) is 10.3. The van der Waals surface area contributed by atoms with Crippen molar-refractivity contribution < 1.29 is 17.9 Å². The van der Waals surface area contributed by atoms with Gasteiger partial charge in [0.05, 0.1) is 5.54 Å². The van der Waals surface area contributed by atoms with E-state index < -0.39 is 6.36 Å². The molecule has 1 heterocycles. The number of alkyl halides is 3. The number of halogens is 3. The zero-order valence-corrected chi connectivity index (χ0v) is 13.1. The summed E-state index contributed by atoms with van der Waals surface area (Å²) < 4.78 is 40.2. The molecule has 2 rings (SSSR count). The monoisotopic (exact) mass is 330 g/mol. The van der Waals surface area contributed by atoms with Crippen LogP contribution in [0, 0.1) is 0 Å². The third-order valence-electron chi connectivity index (χ3n) is 3.56. The highest BCUT2D eigenvalue weighted by Crippen LogP contribution is 2.43. The van der Waals surface area contributed by atoms with E-state index in [1.165, 1.54) is 36.0 Å². The molecular weight excluding hydrogens is 313 g/mol. The van der Waals surface area contributed by atoms with Gasteiger partial charge in [0.1, 0.15) is 5.75 Å². The van der Waals surface area contributed by atoms with E-state index in [0.29, 0.717) is 10.9 Å². The van der Waals surface area contributed by atoms with Crippen LogP contribution >= 0.6 is 11.8 Å². The molecule has 1 aliphatic heterocycles. The fourth-order valence-corrected chi connectivity index (χ4v) is 3.36. The van der Waals surface area contributed by atoms with Gasteiger partial charge in [-0.2, -0.15) is 0 Å². The van der Waals surface area contributed by atoms with E-state index in [0.717, 1.165) is 17.7 Å². The molecule has 22 heavy (non-hydrogen) atoms. The molecule has 0 atom stereocenters. The number of benzene rings is 1. The molecule has 0 saturated carbocycles. The van der Waals surface area contributed by atoms with E-state index in [1.54, 1.807) is 0 Å². The number of nitrogens with one attached hydrogen (secondary N) is 1. The molecule has 120 valence electrons. The van der Waals surface area contributed by atoms with Crippen LogP contribution in [0.5, 0.6) is 5.75 Å². The molecular formula is C15H17F3N2OS. The maximum absolute atomic E-state index is 12.1. The lowest BCUT2D eigenvalue weighted by Crippen LogP contribution is -2.22. The number of hydrogen-bond donors (Lipinski definition) is 1. The van der Waals surface area contributed by atoms with Crippen LogP contribution in [0.15, 0.2) is 40.7 Å². The van der Waals surface area contributed by atoms with Crippen molar-refractivity contribution in [2.75, 3.05) is 5.32 Å². The summed E-state index contributed by atoms with van der Waals surface area (Å²) in [5.41, 5.74) is 0.392. The molecule has 0 bridgehead atoms. The fraction of sp³-hybridized carbons (Fsp3) is 0.400. The molecule has 1 N–H and O–H groups in total. The van der Waals surface area contributed by atoms with E-state index in [9.17, 15) is 13.2 Å². The summed E-state index contributed by atoms with van der Waals surface area (Å²) in [5.74, 6) is -0.250. The Bertz CT molecular complexity index is 577. The number of thioether (sulfide) groups is 1. The van der Waals surface area contributed by atoms with E-state index in [1.807, 2.05) is 0 Å². The summed E-state index contributed by atoms with van der Waals surface area (Å²) in [5, 5.41) is 3.81. The summed E-state index contributed by atoms with van der Waals surface area (Å²) in [6.45, 7) is 8.18. The molecule has 0 spiro atoms. The normalized spacial score (nSPS) is 17.3. The van der Waals surface area contributed by atoms with Crippen LogP contribution in [0.1, 0.15) is 26.7 Å². The Kier molecular flexibility index (Phi) is 4.75. The Labute approximate surface area is 131 Å². The van der Waals surface area contributed by atoms with Crippen molar-refractivity contribution in [3.05, 3.63) is 35.7 Å². The molecule has 0 aliphatic carbocycles. The lowest BCUT2D eigenvalue weighted by molar-refractivity contribution is -0.274. The van der Waals surface area contributed by atoms with Gasteiger partial charge in [-0.15, -0.1) is 13.2 Å². The summed E-state index contributed by atoms with van der Waals surface area (Å²) >= 11 is 1.46. The Morgan fingerprint density at radius 3 is 2.27 bits per heavy atom. The fourth-order valence-electron chi connectivity index (χ4n) is 2.21. The largest absolute Gasteiger partial charge is 0.573 e. The van der Waals surface area contributed by atoms with Gasteiger partial charge in [-0.05, 0) is 37.1 Å². The Balaban J connectivity index is 2.07. The lowest BCUT2D eigenvalue weighted by Gasteiger charge is -2.22. The van der Waals surface area contributed by atoms with Crippen molar-refractivity contribution in [1.82, 2.24) is 0 Å². The number of anilines is 1. The Morgan fingerprint density at radius 1 is 1.23 bits per heavy atom. The maximum atomic E-state index is 12.1. The highest BCUT2D eigenvalue weighted by Gasteiger charge is 2.36. The average Bonchev–Trinajstić information content (AvgIpc) is 2.76. The number of nitrogens with zero attached hydrogens (tertiary/aromatic N) is 1. The van der Waals surface area contributed by atoms with Gasteiger partial charge in [-0.25, -0.2) is 0 Å². The molecule has 7 heteroatoms. The molecule has 1 aliphatic rings. The summed E-state index contributed by atoms with van der Waals surface area (Å²) in [6.07, 6.45) is -2.96. The van der Waals surface area contributed by atoms with Gasteiger partial charge in [-0.3, -0.25) is 4.99 Å². The average molecular weight is 330 g/mol. The minimum Gasteiger partial charge on any atom is -0.406 e. The number of amidine groups is 1. The van der Waals surface area contributed by atoms with Gasteiger partial charge in [0.15, 0.2) is 5.17 Å². The highest BCUT2D eigenvalue weighted by molar-refractivity contribution is 8.17. The van der Waals surface area contributed by atoms with Crippen LogP contribution in [-0.2, 0) is 0 Å². The SMILES string of the molecule is C=C1SC(Nc2ccc(OC(F)(F)F)cc2)=NC1(CC)CC. The number of ether oxygens (including phenoxy) is 1. The molecule has 0 radical (unpaired) electrons. The quantitative estimate of drug-likeness (QED) is 0.826. The van der Waals surface area contributed by atoms with Crippen molar-refractivity contribution in [3.8, 4) is 5.75 Å². The topological polar surface area (TPSA) is 33.6 Å². The van der Waals surface area contributed by atoms with Crippen LogP contribution in [0.25, 0.3) is 0 Å². The second-order valence-electron chi connectivity index (χ2n) is 4.88. The van der Waals surface area contributed by atoms with E-state index in [-0.39, 0.29) is 11.3 Å². The minimum absolute atomic E-state index is 0.250. The molecule has 0 aromatic heterocycles. The third-order valence-corrected chi connectivity index (χ3v) is 4.58. The number of aliphatic imine (C=N–C) groups is 1. The van der Waals surface area contributed by atoms with E-state index >= 15 is 0 Å². The zero-order chi connectivity index (χ0) is 16.4. The molecule has 0 saturated heterocycles. The predicted molar refractivity (Wildman–Crippen MR) is 84.2 cm³/mol. The lowest BCUT2D eigenvalue weighted by atomic mass is 9.94. The van der Waals surface area contributed by atoms with Crippen molar-refractivity contribution in [2.45, 2.75) is 38.6 Å². The van der Waals surface area contributed by atoms with Gasteiger partial charge in [-0.1, -0.05) is 32.2 Å². The van der Waals surface area contributed by atoms with Crippen molar-refractivity contribution in [3.63, 3.8) is 0 Å². The zero-order valence-electron chi connectivity index (χ0n) is 12.3. The van der Waals surface area contributed by atoms with Gasteiger partial charge in [0.2, 0.25) is 0 Å². The molecule has 0 amide bonds. The minimum atomic E-state index is -4.68. The summed E-state index contributed by atoms with van der Waals surface area (Å²) in [4.78, 5) is 5.66. The van der Waals surface area contributed by atoms with Crippen LogP contribution in [-0.4, -0.2) is 17.1 Å². The van der Waals surface area contributed by atoms with E-state index in [2.05, 4.69) is 35.5 Å². The summed E-state index contributed by atoms with van der Waals surface area (Å²) in [6, 6.07) is 5.56. The second kappa shape index (κ2) is 6.24. The van der Waals surface area contributed by atoms with Crippen molar-refractivity contribution in [2.24, 2.45) is 4.99 Å². The van der Waals surface area contributed by atoms with Gasteiger partial charge in [0, 0.05) is 10.6 Å². The molecule has 1 aromatic rings. The van der Waals surface area contributed by atoms with Crippen LogP contribution in [0.2, 0.25) is 0 Å². The number of hydrogen-bond acceptors (Lipinski definition) is 4. The van der Waals surface area contributed by atoms with E-state index in [4.69, 9.17) is 0 Å². The Hall–Kier alpha value is -1.63. The molecule has 0 fully saturated rings. The smallest absolute Gasteiger partial charge is 0.406 e. The first-order valence-corrected chi connectivity index (χ1v) is 7.69. The van der Waals surface area contributed by atoms with Gasteiger partial charge >= 0.3 is 6.36 Å². The standard InChI is InChI=1S/C15H17F3N2OS/c1-4-14(5-2)10(3)22-13(20-14)19-11-6-8-12(9-7-11)21-15(16,17)18/h6-9H,3-5H2,1-2H3,(H,19,20). The third kappa shape index (κ3) is 3.76. The second-order valence-corrected chi connectivity index (χ2v) is 5.96. The van der Waals surface area contributed by atoms with Crippen molar-refractivity contribution >= 4 is 22.6 Å². The first-order valence-electron chi connectivity index (χ1n) is 6.88. The van der Waals surface area contributed by atoms with Crippen LogP contribution < -0.4 is 10.1 Å². The van der Waals surface area contributed by atoms with Crippen LogP contribution in [0.3, 0.4) is 0 Å². The summed E-state index contributed by atoms with van der Waals surface area (Å²) in [7, 11) is 0. The van der Waals surface area contributed by atoms with Gasteiger partial charge in [0.25, 0.3) is 0 Å². The number of rotatable bonds is 4. The van der Waals surface area contributed by atoms with Gasteiger partial charge < -0.3 is 10.1 Å². The maximum Gasteiger partial charge on any atom is 0.573 e. The molecule has 0 unspecified atom stereocenters. The van der Waals surface area contributed by atoms with Crippen LogP contribution in [0.4, 0.5) is 18.9 Å². The molecule has 3 nitrogen and oxygen atoms in total. The first kappa shape index (κ1) is 16.7. The van der Waals surface area contributed by atoms with Crippen molar-refractivity contribution in [1.29, 1.82) is 0 Å².